The van der Waals surface area contributed by atoms with Crippen LogP contribution in [-0.2, 0) is 6.54 Å². The van der Waals surface area contributed by atoms with Crippen LogP contribution in [0.2, 0.25) is 0 Å². The van der Waals surface area contributed by atoms with E-state index in [0.717, 1.165) is 25.3 Å². The lowest BCUT2D eigenvalue weighted by atomic mass is 10.2. The van der Waals surface area contributed by atoms with Gasteiger partial charge in [-0.05, 0) is 12.8 Å². The first-order valence-electron chi connectivity index (χ1n) is 5.05. The van der Waals surface area contributed by atoms with E-state index in [4.69, 9.17) is 11.6 Å². The molecule has 0 atom stereocenters. The maximum Gasteiger partial charge on any atom is 0.181 e. The number of hydrogen-bond acceptors (Lipinski definition) is 1. The molecule has 0 amide bonds. The van der Waals surface area contributed by atoms with Crippen LogP contribution in [0.3, 0.4) is 0 Å². The highest BCUT2D eigenvalue weighted by atomic mass is 35.5. The molecule has 0 aliphatic heterocycles. The van der Waals surface area contributed by atoms with Crippen LogP contribution in [0.15, 0.2) is 29.3 Å². The number of aromatic nitrogens is 1. The Hall–Kier alpha value is -0.760. The van der Waals surface area contributed by atoms with Crippen molar-refractivity contribution in [2.45, 2.75) is 32.2 Å². The highest BCUT2D eigenvalue weighted by Gasteiger charge is 1.91. The summed E-state index contributed by atoms with van der Waals surface area (Å²) < 4.78 is 2.04. The third-order valence-corrected chi connectivity index (χ3v) is 2.43. The van der Waals surface area contributed by atoms with Crippen LogP contribution in [0.4, 0.5) is 0 Å². The SMILES string of the molecule is O=c1ccn(CCCCCCCl)cc1. The molecule has 0 fully saturated rings. The molecule has 0 spiro atoms. The van der Waals surface area contributed by atoms with Crippen LogP contribution in [0.1, 0.15) is 25.7 Å². The van der Waals surface area contributed by atoms with Crippen LogP contribution in [0.5, 0.6) is 0 Å². The van der Waals surface area contributed by atoms with E-state index in [1.54, 1.807) is 12.1 Å². The van der Waals surface area contributed by atoms with Crippen molar-refractivity contribution in [3.8, 4) is 0 Å². The Morgan fingerprint density at radius 1 is 1.07 bits per heavy atom. The Labute approximate surface area is 89.5 Å². The van der Waals surface area contributed by atoms with Gasteiger partial charge < -0.3 is 4.57 Å². The summed E-state index contributed by atoms with van der Waals surface area (Å²) in [4.78, 5) is 10.8. The minimum atomic E-state index is 0.0726. The Kier molecular flexibility index (Phi) is 5.38. The highest BCUT2D eigenvalue weighted by molar-refractivity contribution is 6.17. The molecule has 0 N–H and O–H groups in total. The van der Waals surface area contributed by atoms with E-state index in [9.17, 15) is 4.79 Å². The van der Waals surface area contributed by atoms with Crippen LogP contribution < -0.4 is 5.43 Å². The molecule has 1 aromatic rings. The molecule has 0 saturated heterocycles. The van der Waals surface area contributed by atoms with Gasteiger partial charge in [0.2, 0.25) is 0 Å². The fourth-order valence-electron chi connectivity index (χ4n) is 1.34. The number of alkyl halides is 1. The summed E-state index contributed by atoms with van der Waals surface area (Å²) in [7, 11) is 0. The number of hydrogen-bond donors (Lipinski definition) is 0. The molecule has 1 rings (SSSR count). The third kappa shape index (κ3) is 4.47. The van der Waals surface area contributed by atoms with Crippen LogP contribution >= 0.6 is 11.6 Å². The second kappa shape index (κ2) is 6.66. The van der Waals surface area contributed by atoms with E-state index in [1.807, 2.05) is 17.0 Å². The maximum atomic E-state index is 10.8. The van der Waals surface area contributed by atoms with Gasteiger partial charge in [0.05, 0.1) is 0 Å². The summed E-state index contributed by atoms with van der Waals surface area (Å²) in [5, 5.41) is 0. The van der Waals surface area contributed by atoms with Gasteiger partial charge in [-0.1, -0.05) is 12.8 Å². The smallest absolute Gasteiger partial charge is 0.181 e. The quantitative estimate of drug-likeness (QED) is 0.526. The first-order chi connectivity index (χ1) is 6.83. The lowest BCUT2D eigenvalue weighted by Gasteiger charge is -2.04. The van der Waals surface area contributed by atoms with Gasteiger partial charge in [-0.25, -0.2) is 0 Å². The molecule has 1 heterocycles. The first kappa shape index (κ1) is 11.3. The van der Waals surface area contributed by atoms with Gasteiger partial charge in [-0.2, -0.15) is 0 Å². The normalized spacial score (nSPS) is 10.4. The molecule has 1 aromatic heterocycles. The van der Waals surface area contributed by atoms with Gasteiger partial charge >= 0.3 is 0 Å². The molecule has 0 radical (unpaired) electrons. The topological polar surface area (TPSA) is 22.0 Å². The fourth-order valence-corrected chi connectivity index (χ4v) is 1.52. The van der Waals surface area contributed by atoms with E-state index in [1.165, 1.54) is 12.8 Å². The molecule has 0 aliphatic rings. The minimum Gasteiger partial charge on any atom is -0.354 e. The van der Waals surface area contributed by atoms with Crippen LogP contribution in [0.25, 0.3) is 0 Å². The summed E-state index contributed by atoms with van der Waals surface area (Å²) in [6.07, 6.45) is 8.34. The second-order valence-corrected chi connectivity index (χ2v) is 3.75. The van der Waals surface area contributed by atoms with E-state index in [0.29, 0.717) is 0 Å². The fraction of sp³-hybridized carbons (Fsp3) is 0.545. The van der Waals surface area contributed by atoms with Gasteiger partial charge in [-0.3, -0.25) is 4.79 Å². The zero-order valence-electron chi connectivity index (χ0n) is 8.29. The first-order valence-corrected chi connectivity index (χ1v) is 5.58. The van der Waals surface area contributed by atoms with Crippen molar-refractivity contribution in [2.75, 3.05) is 5.88 Å². The molecule has 0 bridgehead atoms. The molecular formula is C11H16ClNO. The zero-order chi connectivity index (χ0) is 10.2. The van der Waals surface area contributed by atoms with Crippen molar-refractivity contribution in [1.82, 2.24) is 4.57 Å². The molecule has 0 unspecified atom stereocenters. The van der Waals surface area contributed by atoms with Crippen molar-refractivity contribution in [1.29, 1.82) is 0 Å². The van der Waals surface area contributed by atoms with Gasteiger partial charge in [0, 0.05) is 37.0 Å². The molecular weight excluding hydrogens is 198 g/mol. The summed E-state index contributed by atoms with van der Waals surface area (Å²) in [5.74, 6) is 0.762. The van der Waals surface area contributed by atoms with Gasteiger partial charge in [0.1, 0.15) is 0 Å². The lowest BCUT2D eigenvalue weighted by molar-refractivity contribution is 0.581. The van der Waals surface area contributed by atoms with Gasteiger partial charge in [0.25, 0.3) is 0 Å². The average molecular weight is 214 g/mol. The standard InChI is InChI=1S/C11H16ClNO/c12-7-3-1-2-4-8-13-9-5-11(14)6-10-13/h5-6,9-10H,1-4,7-8H2. The van der Waals surface area contributed by atoms with E-state index in [-0.39, 0.29) is 5.43 Å². The number of pyridine rings is 1. The number of nitrogens with zero attached hydrogens (tertiary/aromatic N) is 1. The Morgan fingerprint density at radius 2 is 1.71 bits per heavy atom. The predicted molar refractivity (Wildman–Crippen MR) is 59.9 cm³/mol. The van der Waals surface area contributed by atoms with Crippen molar-refractivity contribution < 1.29 is 0 Å². The second-order valence-electron chi connectivity index (χ2n) is 3.37. The van der Waals surface area contributed by atoms with E-state index < -0.39 is 0 Å². The number of aryl methyl sites for hydroxylation is 1. The largest absolute Gasteiger partial charge is 0.354 e. The highest BCUT2D eigenvalue weighted by Crippen LogP contribution is 2.02. The third-order valence-electron chi connectivity index (χ3n) is 2.16. The Bertz CT molecular complexity index is 288. The minimum absolute atomic E-state index is 0.0726. The number of rotatable bonds is 6. The number of unbranched alkanes of at least 4 members (excludes halogenated alkanes) is 3. The predicted octanol–water partition coefficient (Wildman–Crippen LogP) is 2.65. The monoisotopic (exact) mass is 213 g/mol. The van der Waals surface area contributed by atoms with Gasteiger partial charge in [0.15, 0.2) is 5.43 Å². The molecule has 2 nitrogen and oxygen atoms in total. The van der Waals surface area contributed by atoms with Crippen molar-refractivity contribution in [3.05, 3.63) is 34.7 Å². The summed E-state index contributed by atoms with van der Waals surface area (Å²) in [5.41, 5.74) is 0.0726. The van der Waals surface area contributed by atoms with Crippen molar-refractivity contribution in [3.63, 3.8) is 0 Å². The maximum absolute atomic E-state index is 10.8. The Morgan fingerprint density at radius 3 is 2.36 bits per heavy atom. The van der Waals surface area contributed by atoms with E-state index in [2.05, 4.69) is 0 Å². The zero-order valence-corrected chi connectivity index (χ0v) is 9.04. The molecule has 78 valence electrons. The van der Waals surface area contributed by atoms with Crippen molar-refractivity contribution >= 4 is 11.6 Å². The molecule has 14 heavy (non-hydrogen) atoms. The number of halogens is 1. The molecule has 0 aromatic carbocycles. The lowest BCUT2D eigenvalue weighted by Crippen LogP contribution is -2.03. The summed E-state index contributed by atoms with van der Waals surface area (Å²) in [6, 6.07) is 3.19. The molecule has 3 heteroatoms. The van der Waals surface area contributed by atoms with Crippen molar-refractivity contribution in [2.24, 2.45) is 0 Å². The van der Waals surface area contributed by atoms with Crippen LogP contribution in [-0.4, -0.2) is 10.4 Å². The Balaban J connectivity index is 2.18. The summed E-state index contributed by atoms with van der Waals surface area (Å²) in [6.45, 7) is 0.989. The summed E-state index contributed by atoms with van der Waals surface area (Å²) >= 11 is 5.57. The van der Waals surface area contributed by atoms with E-state index >= 15 is 0 Å². The van der Waals surface area contributed by atoms with Gasteiger partial charge in [-0.15, -0.1) is 11.6 Å². The van der Waals surface area contributed by atoms with Crippen LogP contribution in [0, 0.1) is 0 Å². The molecule has 0 saturated carbocycles. The molecule has 0 aliphatic carbocycles. The average Bonchev–Trinajstić information content (AvgIpc) is 2.21.